The minimum Gasteiger partial charge on any atom is -0.466 e. The summed E-state index contributed by atoms with van der Waals surface area (Å²) in [4.78, 5) is 15.4. The number of nitrogens with two attached hydrogens (primary N) is 1. The zero-order valence-electron chi connectivity index (χ0n) is 8.85. The van der Waals surface area contributed by atoms with Crippen LogP contribution in [0.25, 0.3) is 0 Å². The van der Waals surface area contributed by atoms with Crippen LogP contribution in [0.1, 0.15) is 12.5 Å². The van der Waals surface area contributed by atoms with Crippen LogP contribution in [0.5, 0.6) is 0 Å². The van der Waals surface area contributed by atoms with Crippen molar-refractivity contribution in [3.8, 4) is 0 Å². The number of hydrogen-bond acceptors (Lipinski definition) is 4. The van der Waals surface area contributed by atoms with Crippen LogP contribution in [0.4, 0.5) is 0 Å². The van der Waals surface area contributed by atoms with Gasteiger partial charge in [0, 0.05) is 18.9 Å². The first kappa shape index (κ1) is 11.7. The number of hydrogen-bond donors (Lipinski definition) is 1. The Labute approximate surface area is 89.5 Å². The first-order valence-electron chi connectivity index (χ1n) is 5.03. The molecule has 1 rings (SSSR count). The third-order valence-electron chi connectivity index (χ3n) is 2.14. The summed E-state index contributed by atoms with van der Waals surface area (Å²) in [5, 5.41) is 0. The second-order valence-electron chi connectivity index (χ2n) is 3.24. The fourth-order valence-electron chi connectivity index (χ4n) is 1.33. The predicted octanol–water partition coefficient (Wildman–Crippen LogP) is 0.762. The molecule has 0 radical (unpaired) electrons. The molecular formula is C11H16N2O2. The number of aromatic nitrogens is 1. The molecule has 15 heavy (non-hydrogen) atoms. The molecule has 0 aliphatic heterocycles. The molecule has 4 nitrogen and oxygen atoms in total. The van der Waals surface area contributed by atoms with Crippen LogP contribution in [0, 0.1) is 5.92 Å². The van der Waals surface area contributed by atoms with Crippen molar-refractivity contribution < 1.29 is 9.53 Å². The minimum absolute atomic E-state index is 0.225. The van der Waals surface area contributed by atoms with Gasteiger partial charge in [0.2, 0.25) is 0 Å². The second kappa shape index (κ2) is 6.14. The fraction of sp³-hybridized carbons (Fsp3) is 0.455. The topological polar surface area (TPSA) is 65.2 Å². The summed E-state index contributed by atoms with van der Waals surface area (Å²) in [6, 6.07) is 3.75. The van der Waals surface area contributed by atoms with Crippen LogP contribution < -0.4 is 5.73 Å². The van der Waals surface area contributed by atoms with E-state index in [-0.39, 0.29) is 11.9 Å². The Kier molecular flexibility index (Phi) is 4.77. The maximum absolute atomic E-state index is 11.5. The number of carbonyl (C=O) groups is 1. The summed E-state index contributed by atoms with van der Waals surface area (Å²) in [7, 11) is 0. The fourth-order valence-corrected chi connectivity index (χ4v) is 1.33. The van der Waals surface area contributed by atoms with Gasteiger partial charge in [-0.15, -0.1) is 0 Å². The molecule has 0 aliphatic carbocycles. The van der Waals surface area contributed by atoms with Gasteiger partial charge in [0.15, 0.2) is 0 Å². The van der Waals surface area contributed by atoms with Gasteiger partial charge in [0.1, 0.15) is 0 Å². The summed E-state index contributed by atoms with van der Waals surface area (Å²) < 4.78 is 4.93. The van der Waals surface area contributed by atoms with E-state index in [0.717, 1.165) is 5.56 Å². The van der Waals surface area contributed by atoms with E-state index in [1.807, 2.05) is 12.1 Å². The quantitative estimate of drug-likeness (QED) is 0.725. The van der Waals surface area contributed by atoms with Crippen LogP contribution in [0.2, 0.25) is 0 Å². The van der Waals surface area contributed by atoms with E-state index in [0.29, 0.717) is 19.6 Å². The maximum Gasteiger partial charge on any atom is 0.310 e. The SMILES string of the molecule is CCOC(=O)C(CN)Cc1ccncc1. The van der Waals surface area contributed by atoms with E-state index in [2.05, 4.69) is 4.98 Å². The molecule has 4 heteroatoms. The van der Waals surface area contributed by atoms with E-state index in [4.69, 9.17) is 10.5 Å². The molecule has 0 bridgehead atoms. The first-order chi connectivity index (χ1) is 7.27. The summed E-state index contributed by atoms with van der Waals surface area (Å²) in [6.45, 7) is 2.49. The van der Waals surface area contributed by atoms with Gasteiger partial charge in [0.25, 0.3) is 0 Å². The van der Waals surface area contributed by atoms with Gasteiger partial charge in [-0.25, -0.2) is 0 Å². The third-order valence-corrected chi connectivity index (χ3v) is 2.14. The van der Waals surface area contributed by atoms with E-state index >= 15 is 0 Å². The van der Waals surface area contributed by atoms with Crippen LogP contribution >= 0.6 is 0 Å². The van der Waals surface area contributed by atoms with E-state index in [1.54, 1.807) is 19.3 Å². The zero-order valence-corrected chi connectivity index (χ0v) is 8.85. The highest BCUT2D eigenvalue weighted by molar-refractivity contribution is 5.73. The van der Waals surface area contributed by atoms with Gasteiger partial charge in [-0.1, -0.05) is 0 Å². The number of pyridine rings is 1. The lowest BCUT2D eigenvalue weighted by Gasteiger charge is -2.12. The molecule has 0 aromatic carbocycles. The van der Waals surface area contributed by atoms with Crippen molar-refractivity contribution in [2.45, 2.75) is 13.3 Å². The van der Waals surface area contributed by atoms with Crippen LogP contribution in [0.15, 0.2) is 24.5 Å². The zero-order chi connectivity index (χ0) is 11.1. The van der Waals surface area contributed by atoms with E-state index in [1.165, 1.54) is 0 Å². The van der Waals surface area contributed by atoms with Gasteiger partial charge in [0.05, 0.1) is 12.5 Å². The van der Waals surface area contributed by atoms with Crippen molar-refractivity contribution in [2.24, 2.45) is 11.7 Å². The number of esters is 1. The Morgan fingerprint density at radius 3 is 2.73 bits per heavy atom. The number of ether oxygens (including phenoxy) is 1. The standard InChI is InChI=1S/C11H16N2O2/c1-2-15-11(14)10(8-12)7-9-3-5-13-6-4-9/h3-6,10H,2,7-8,12H2,1H3. The first-order valence-corrected chi connectivity index (χ1v) is 5.03. The monoisotopic (exact) mass is 208 g/mol. The van der Waals surface area contributed by atoms with Gasteiger partial charge in [-0.2, -0.15) is 0 Å². The molecule has 1 aromatic heterocycles. The lowest BCUT2D eigenvalue weighted by molar-refractivity contribution is -0.147. The molecule has 0 saturated heterocycles. The van der Waals surface area contributed by atoms with Crippen LogP contribution in [-0.4, -0.2) is 24.1 Å². The molecule has 82 valence electrons. The molecule has 1 unspecified atom stereocenters. The van der Waals surface area contributed by atoms with E-state index < -0.39 is 0 Å². The highest BCUT2D eigenvalue weighted by Gasteiger charge is 2.18. The van der Waals surface area contributed by atoms with Crippen molar-refractivity contribution in [2.75, 3.05) is 13.2 Å². The molecule has 0 amide bonds. The normalized spacial score (nSPS) is 12.1. The minimum atomic E-state index is -0.257. The second-order valence-corrected chi connectivity index (χ2v) is 3.24. The lowest BCUT2D eigenvalue weighted by atomic mass is 10.0. The smallest absolute Gasteiger partial charge is 0.310 e. The molecule has 0 fully saturated rings. The molecular weight excluding hydrogens is 192 g/mol. The molecule has 1 aromatic rings. The summed E-state index contributed by atoms with van der Waals surface area (Å²) in [5.41, 5.74) is 6.58. The van der Waals surface area contributed by atoms with Gasteiger partial charge in [-0.05, 0) is 31.0 Å². The predicted molar refractivity (Wildman–Crippen MR) is 57.1 cm³/mol. The maximum atomic E-state index is 11.5. The van der Waals surface area contributed by atoms with Crippen molar-refractivity contribution in [1.82, 2.24) is 4.98 Å². The number of rotatable bonds is 5. The highest BCUT2D eigenvalue weighted by atomic mass is 16.5. The molecule has 1 heterocycles. The summed E-state index contributed by atoms with van der Waals surface area (Å²) in [6.07, 6.45) is 4.01. The Bertz CT molecular complexity index is 301. The molecule has 2 N–H and O–H groups in total. The molecule has 0 aliphatic rings. The van der Waals surface area contributed by atoms with Crippen LogP contribution in [-0.2, 0) is 16.0 Å². The molecule has 0 spiro atoms. The Morgan fingerprint density at radius 1 is 1.53 bits per heavy atom. The summed E-state index contributed by atoms with van der Waals surface area (Å²) in [5.74, 6) is -0.482. The molecule has 0 saturated carbocycles. The van der Waals surface area contributed by atoms with Gasteiger partial charge in [-0.3, -0.25) is 9.78 Å². The average molecular weight is 208 g/mol. The van der Waals surface area contributed by atoms with Crippen molar-refractivity contribution in [3.63, 3.8) is 0 Å². The van der Waals surface area contributed by atoms with Crippen LogP contribution in [0.3, 0.4) is 0 Å². The summed E-state index contributed by atoms with van der Waals surface area (Å²) >= 11 is 0. The third kappa shape index (κ3) is 3.67. The Balaban J connectivity index is 2.58. The van der Waals surface area contributed by atoms with Crippen molar-refractivity contribution in [3.05, 3.63) is 30.1 Å². The van der Waals surface area contributed by atoms with Gasteiger partial charge >= 0.3 is 5.97 Å². The van der Waals surface area contributed by atoms with Gasteiger partial charge < -0.3 is 10.5 Å². The average Bonchev–Trinajstić information content (AvgIpc) is 2.27. The Morgan fingerprint density at radius 2 is 2.20 bits per heavy atom. The lowest BCUT2D eigenvalue weighted by Crippen LogP contribution is -2.27. The number of carbonyl (C=O) groups excluding carboxylic acids is 1. The molecule has 1 atom stereocenters. The largest absolute Gasteiger partial charge is 0.466 e. The van der Waals surface area contributed by atoms with Crippen molar-refractivity contribution in [1.29, 1.82) is 0 Å². The highest BCUT2D eigenvalue weighted by Crippen LogP contribution is 2.08. The van der Waals surface area contributed by atoms with E-state index in [9.17, 15) is 4.79 Å². The van der Waals surface area contributed by atoms with Crippen molar-refractivity contribution >= 4 is 5.97 Å². The Hall–Kier alpha value is -1.42. The number of nitrogens with zero attached hydrogens (tertiary/aromatic N) is 1.